The van der Waals surface area contributed by atoms with Crippen molar-refractivity contribution in [3.8, 4) is 0 Å². The van der Waals surface area contributed by atoms with E-state index in [1.165, 1.54) is 141 Å². The second-order valence-corrected chi connectivity index (χ2v) is 15.0. The van der Waals surface area contributed by atoms with Gasteiger partial charge in [0, 0.05) is 32.4 Å². The summed E-state index contributed by atoms with van der Waals surface area (Å²) >= 11 is 0. The van der Waals surface area contributed by atoms with Crippen LogP contribution in [0.4, 0.5) is 0 Å². The molecule has 0 aliphatic carbocycles. The van der Waals surface area contributed by atoms with Crippen molar-refractivity contribution in [1.82, 2.24) is 4.90 Å². The smallest absolute Gasteiger partial charge is 0.169 e. The first-order valence-electron chi connectivity index (χ1n) is 20.9. The number of aliphatic hydroxyl groups excluding tert-OH is 1. The average Bonchev–Trinajstić information content (AvgIpc) is 3.32. The van der Waals surface area contributed by atoms with Crippen molar-refractivity contribution >= 4 is 0 Å². The summed E-state index contributed by atoms with van der Waals surface area (Å²) in [7, 11) is 2.10. The van der Waals surface area contributed by atoms with E-state index < -0.39 is 5.79 Å². The molecule has 0 aromatic carbocycles. The van der Waals surface area contributed by atoms with Crippen molar-refractivity contribution in [2.45, 2.75) is 211 Å². The van der Waals surface area contributed by atoms with Crippen LogP contribution >= 0.6 is 0 Å². The van der Waals surface area contributed by atoms with Crippen molar-refractivity contribution in [2.24, 2.45) is 0 Å². The molecular weight excluding hydrogens is 590 g/mol. The molecule has 0 amide bonds. The average molecular weight is 670 g/mol. The number of hydrogen-bond donors (Lipinski definition) is 1. The molecule has 278 valence electrons. The Balaban J connectivity index is 1.60. The van der Waals surface area contributed by atoms with Gasteiger partial charge in [0.15, 0.2) is 5.79 Å². The maximum atomic E-state index is 10.5. The van der Waals surface area contributed by atoms with E-state index in [2.05, 4.69) is 74.4 Å². The van der Waals surface area contributed by atoms with E-state index in [4.69, 9.17) is 9.47 Å². The maximum Gasteiger partial charge on any atom is 0.169 e. The molecule has 2 fully saturated rings. The topological polar surface area (TPSA) is 41.9 Å². The minimum absolute atomic E-state index is 0.0270. The van der Waals surface area contributed by atoms with E-state index in [0.717, 1.165) is 32.2 Å². The summed E-state index contributed by atoms with van der Waals surface area (Å²) in [5.41, 5.74) is 0. The number of hydrogen-bond acceptors (Lipinski definition) is 4. The molecule has 2 aliphatic heterocycles. The molecule has 3 atom stereocenters. The minimum atomic E-state index is -0.447. The maximum absolute atomic E-state index is 10.5. The molecule has 2 heterocycles. The van der Waals surface area contributed by atoms with Gasteiger partial charge in [0.2, 0.25) is 0 Å². The second-order valence-electron chi connectivity index (χ2n) is 15.0. The number of nitrogens with zero attached hydrogens (tertiary/aromatic N) is 1. The highest BCUT2D eigenvalue weighted by Crippen LogP contribution is 2.40. The predicted octanol–water partition coefficient (Wildman–Crippen LogP) is 12.6. The summed E-state index contributed by atoms with van der Waals surface area (Å²) in [5, 5.41) is 10.5. The van der Waals surface area contributed by atoms with Crippen molar-refractivity contribution < 1.29 is 14.6 Å². The second kappa shape index (κ2) is 29.5. The van der Waals surface area contributed by atoms with Gasteiger partial charge in [0.25, 0.3) is 0 Å². The number of rotatable bonds is 30. The third-order valence-electron chi connectivity index (χ3n) is 10.2. The Labute approximate surface area is 298 Å². The number of unbranched alkanes of at least 4 members (excludes halogenated alkanes) is 18. The Morgan fingerprint density at radius 1 is 0.521 bits per heavy atom. The quantitative estimate of drug-likeness (QED) is 0.0610. The molecular formula is C44H79NO3. The van der Waals surface area contributed by atoms with Crippen molar-refractivity contribution in [1.29, 1.82) is 0 Å². The van der Waals surface area contributed by atoms with Crippen LogP contribution in [0.5, 0.6) is 0 Å². The van der Waals surface area contributed by atoms with E-state index >= 15 is 0 Å². The zero-order chi connectivity index (χ0) is 34.4. The summed E-state index contributed by atoms with van der Waals surface area (Å²) in [5.74, 6) is -0.447. The van der Waals surface area contributed by atoms with Crippen LogP contribution in [0.25, 0.3) is 0 Å². The van der Waals surface area contributed by atoms with Crippen LogP contribution in [0.2, 0.25) is 0 Å². The molecule has 0 aromatic heterocycles. The van der Waals surface area contributed by atoms with Crippen LogP contribution in [-0.2, 0) is 9.47 Å². The van der Waals surface area contributed by atoms with Crippen molar-refractivity contribution in [3.05, 3.63) is 48.6 Å². The van der Waals surface area contributed by atoms with Crippen LogP contribution in [-0.4, -0.2) is 54.2 Å². The van der Waals surface area contributed by atoms with Crippen LogP contribution < -0.4 is 0 Å². The fourth-order valence-electron chi connectivity index (χ4n) is 7.30. The number of likely N-dealkylation sites (tertiary alicyclic amines) is 1. The van der Waals surface area contributed by atoms with Gasteiger partial charge >= 0.3 is 0 Å². The van der Waals surface area contributed by atoms with Gasteiger partial charge in [-0.15, -0.1) is 0 Å². The van der Waals surface area contributed by atoms with E-state index in [9.17, 15) is 5.11 Å². The molecule has 1 N–H and O–H groups in total. The van der Waals surface area contributed by atoms with Gasteiger partial charge in [-0.2, -0.15) is 0 Å². The van der Waals surface area contributed by atoms with Gasteiger partial charge in [-0.1, -0.05) is 140 Å². The first-order valence-corrected chi connectivity index (χ1v) is 20.9. The summed E-state index contributed by atoms with van der Waals surface area (Å²) in [6.45, 7) is 6.10. The molecule has 0 bridgehead atoms. The molecule has 48 heavy (non-hydrogen) atoms. The minimum Gasteiger partial charge on any atom is -0.392 e. The Morgan fingerprint density at radius 3 is 1.38 bits per heavy atom. The number of aliphatic hydroxyl groups is 1. The van der Waals surface area contributed by atoms with Gasteiger partial charge in [0.05, 0.1) is 18.3 Å². The first-order chi connectivity index (χ1) is 23.6. The zero-order valence-electron chi connectivity index (χ0n) is 32.1. The van der Waals surface area contributed by atoms with E-state index in [1.54, 1.807) is 0 Å². The molecule has 0 radical (unpaired) electrons. The van der Waals surface area contributed by atoms with Gasteiger partial charge in [-0.05, 0) is 84.1 Å². The number of fused-ring (bicyclic) bond motifs is 1. The predicted molar refractivity (Wildman–Crippen MR) is 209 cm³/mol. The fraction of sp³-hybridized carbons (Fsp3) is 0.818. The van der Waals surface area contributed by atoms with Gasteiger partial charge in [-0.25, -0.2) is 0 Å². The van der Waals surface area contributed by atoms with E-state index in [-0.39, 0.29) is 18.3 Å². The Hall–Kier alpha value is -1.20. The van der Waals surface area contributed by atoms with E-state index in [1.807, 2.05) is 0 Å². The number of ether oxygens (including phenoxy) is 2. The molecule has 0 unspecified atom stereocenters. The van der Waals surface area contributed by atoms with Gasteiger partial charge in [-0.3, -0.25) is 0 Å². The van der Waals surface area contributed by atoms with Crippen molar-refractivity contribution in [2.75, 3.05) is 20.1 Å². The number of likely N-dealkylation sites (N-methyl/N-ethyl adjacent to an activating group) is 1. The summed E-state index contributed by atoms with van der Waals surface area (Å²) in [4.78, 5) is 2.22. The lowest BCUT2D eigenvalue weighted by Gasteiger charge is -2.30. The highest BCUT2D eigenvalue weighted by molar-refractivity contribution is 4.94. The normalized spacial score (nSPS) is 21.8. The lowest BCUT2D eigenvalue weighted by Crippen LogP contribution is -2.36. The molecule has 0 saturated carbocycles. The largest absolute Gasteiger partial charge is 0.392 e. The molecule has 0 spiro atoms. The molecule has 4 heteroatoms. The van der Waals surface area contributed by atoms with Crippen molar-refractivity contribution in [3.63, 3.8) is 0 Å². The number of allylic oxidation sites excluding steroid dienone is 8. The van der Waals surface area contributed by atoms with Crippen LogP contribution in [0.1, 0.15) is 187 Å². The lowest BCUT2D eigenvalue weighted by molar-refractivity contribution is -0.190. The summed E-state index contributed by atoms with van der Waals surface area (Å²) in [6, 6.07) is 0. The van der Waals surface area contributed by atoms with E-state index in [0.29, 0.717) is 13.0 Å². The van der Waals surface area contributed by atoms with Crippen LogP contribution in [0.3, 0.4) is 0 Å². The Morgan fingerprint density at radius 2 is 0.917 bits per heavy atom. The highest BCUT2D eigenvalue weighted by Gasteiger charge is 2.48. The standard InChI is InChI=1S/C44H79NO3/c1-4-6-8-10-12-14-16-18-20-22-24-26-28-30-32-34-36-44(47-42-38-41(46)39-45(3)40-43(42)48-44)37-35-33-31-29-27-25-23-21-19-17-15-13-11-9-7-5-2/h12-15,18-21,41-43,46H,4-11,16-17,22-40H2,1-3H3/b14-12-,15-13-,20-18-,21-19-/t41-,42-,43+/m0/s1. The van der Waals surface area contributed by atoms with Crippen LogP contribution in [0, 0.1) is 0 Å². The molecule has 2 rings (SSSR count). The Kier molecular flexibility index (Phi) is 26.4. The third-order valence-corrected chi connectivity index (χ3v) is 10.2. The summed E-state index contributed by atoms with van der Waals surface area (Å²) < 4.78 is 13.6. The fourth-order valence-corrected chi connectivity index (χ4v) is 7.30. The zero-order valence-corrected chi connectivity index (χ0v) is 32.1. The Bertz CT molecular complexity index is 780. The highest BCUT2D eigenvalue weighted by atomic mass is 16.8. The van der Waals surface area contributed by atoms with Gasteiger partial charge in [0.1, 0.15) is 0 Å². The molecule has 0 aromatic rings. The third kappa shape index (κ3) is 21.8. The molecule has 2 saturated heterocycles. The number of β-amino-alcohol motifs (C(OH)–C–C–N with tert-alkyl or cyclic N) is 1. The van der Waals surface area contributed by atoms with Crippen LogP contribution in [0.15, 0.2) is 48.6 Å². The first kappa shape index (κ1) is 43.0. The lowest BCUT2D eigenvalue weighted by atomic mass is 9.98. The van der Waals surface area contributed by atoms with Gasteiger partial charge < -0.3 is 19.5 Å². The molecule has 4 nitrogen and oxygen atoms in total. The monoisotopic (exact) mass is 670 g/mol. The molecule has 2 aliphatic rings. The summed E-state index contributed by atoms with van der Waals surface area (Å²) in [6.07, 6.45) is 51.7. The SMILES string of the molecule is CCCCC/C=C\C/C=C\CCCCCCCCC1(CCCCCCCC/C=C\C/C=C\CCCCC)O[C@H]2C[C@H](O)CN(C)C[C@H]2O1.